The van der Waals surface area contributed by atoms with Crippen molar-refractivity contribution in [3.8, 4) is 12.3 Å². The number of hydrogen-bond acceptors (Lipinski definition) is 3. The summed E-state index contributed by atoms with van der Waals surface area (Å²) in [5.74, 6) is 3.86. The molecule has 0 aromatic heterocycles. The fourth-order valence-corrected chi connectivity index (χ4v) is 2.92. The van der Waals surface area contributed by atoms with Crippen molar-refractivity contribution in [3.63, 3.8) is 0 Å². The number of hydrogen-bond donors (Lipinski definition) is 3. The summed E-state index contributed by atoms with van der Waals surface area (Å²) in [4.78, 5) is 17.4. The molecule has 2 rings (SSSR count). The zero-order valence-corrected chi connectivity index (χ0v) is 18.2. The summed E-state index contributed by atoms with van der Waals surface area (Å²) < 4.78 is 0. The predicted molar refractivity (Wildman–Crippen MR) is 125 cm³/mol. The molecule has 1 amide bonds. The molecule has 0 aliphatic carbocycles. The highest BCUT2D eigenvalue weighted by atomic mass is 127. The van der Waals surface area contributed by atoms with E-state index >= 15 is 0 Å². The normalized spacial score (nSPS) is 10.3. The van der Waals surface area contributed by atoms with Crippen LogP contribution in [0.25, 0.3) is 0 Å². The fraction of sp³-hybridized carbons (Fsp3) is 0.200. The van der Waals surface area contributed by atoms with E-state index in [-0.39, 0.29) is 36.4 Å². The lowest BCUT2D eigenvalue weighted by Crippen LogP contribution is -2.42. The van der Waals surface area contributed by atoms with E-state index in [0.717, 1.165) is 17.9 Å². The van der Waals surface area contributed by atoms with Crippen LogP contribution in [0.3, 0.4) is 0 Å². The molecular formula is C20H23IN4OS. The minimum Gasteiger partial charge on any atom is -0.356 e. The van der Waals surface area contributed by atoms with Crippen LogP contribution in [-0.2, 0) is 4.79 Å². The molecule has 142 valence electrons. The Morgan fingerprint density at radius 2 is 1.93 bits per heavy atom. The van der Waals surface area contributed by atoms with Gasteiger partial charge in [-0.3, -0.25) is 9.79 Å². The molecule has 0 saturated carbocycles. The molecular weight excluding hydrogens is 471 g/mol. The van der Waals surface area contributed by atoms with Gasteiger partial charge in [0.15, 0.2) is 5.96 Å². The summed E-state index contributed by atoms with van der Waals surface area (Å²) in [5.41, 5.74) is 1.40. The molecule has 0 bridgehead atoms. The van der Waals surface area contributed by atoms with Gasteiger partial charge in [-0.2, -0.15) is 0 Å². The minimum atomic E-state index is -0.166. The Morgan fingerprint density at radius 3 is 2.63 bits per heavy atom. The number of benzene rings is 2. The Balaban J connectivity index is 0.00000364. The van der Waals surface area contributed by atoms with E-state index in [4.69, 9.17) is 6.42 Å². The lowest BCUT2D eigenvalue weighted by Gasteiger charge is -2.12. The number of rotatable bonds is 7. The summed E-state index contributed by atoms with van der Waals surface area (Å²) in [5, 5.41) is 8.98. The molecule has 0 radical (unpaired) electrons. The lowest BCUT2D eigenvalue weighted by molar-refractivity contribution is -0.115. The third kappa shape index (κ3) is 8.84. The molecule has 27 heavy (non-hydrogen) atoms. The average molecular weight is 494 g/mol. The van der Waals surface area contributed by atoms with Crippen molar-refractivity contribution in [1.29, 1.82) is 0 Å². The van der Waals surface area contributed by atoms with E-state index in [1.807, 2.05) is 30.3 Å². The van der Waals surface area contributed by atoms with Crippen molar-refractivity contribution in [2.45, 2.75) is 4.90 Å². The summed E-state index contributed by atoms with van der Waals surface area (Å²) in [6, 6.07) is 17.4. The monoisotopic (exact) mass is 494 g/mol. The number of nitrogens with one attached hydrogen (secondary N) is 3. The number of nitrogens with zero attached hydrogens (tertiary/aromatic N) is 1. The molecule has 0 aliphatic heterocycles. The second-order valence-electron chi connectivity index (χ2n) is 5.29. The van der Waals surface area contributed by atoms with Crippen LogP contribution >= 0.6 is 35.7 Å². The first-order valence-electron chi connectivity index (χ1n) is 8.20. The third-order valence-electron chi connectivity index (χ3n) is 3.36. The molecule has 2 aromatic rings. The number of guanidine groups is 1. The summed E-state index contributed by atoms with van der Waals surface area (Å²) >= 11 is 1.76. The van der Waals surface area contributed by atoms with Crippen LogP contribution in [0.5, 0.6) is 0 Å². The van der Waals surface area contributed by atoms with Gasteiger partial charge in [-0.1, -0.05) is 30.2 Å². The highest BCUT2D eigenvalue weighted by Crippen LogP contribution is 2.15. The predicted octanol–water partition coefficient (Wildman–Crippen LogP) is 3.18. The zero-order chi connectivity index (χ0) is 18.6. The van der Waals surface area contributed by atoms with Crippen molar-refractivity contribution >= 4 is 53.3 Å². The number of thioether (sulfide) groups is 1. The first kappa shape index (κ1) is 22.9. The number of aliphatic imine (C=N–C) groups is 1. The van der Waals surface area contributed by atoms with Gasteiger partial charge in [-0.15, -0.1) is 42.2 Å². The SMILES string of the molecule is C#Cc1cccc(NC(=O)CNC(=NC)NCCSc2ccccc2)c1.I. The molecule has 0 atom stereocenters. The van der Waals surface area contributed by atoms with E-state index in [2.05, 4.69) is 39.0 Å². The van der Waals surface area contributed by atoms with Gasteiger partial charge in [0, 0.05) is 35.5 Å². The van der Waals surface area contributed by atoms with Crippen LogP contribution in [-0.4, -0.2) is 37.8 Å². The molecule has 2 aromatic carbocycles. The van der Waals surface area contributed by atoms with Gasteiger partial charge in [0.05, 0.1) is 6.54 Å². The number of carbonyl (C=O) groups excluding carboxylic acids is 1. The average Bonchev–Trinajstić information content (AvgIpc) is 2.68. The second-order valence-corrected chi connectivity index (χ2v) is 6.46. The molecule has 0 unspecified atom stereocenters. The highest BCUT2D eigenvalue weighted by molar-refractivity contribution is 14.0. The van der Waals surface area contributed by atoms with Crippen LogP contribution in [0.15, 0.2) is 64.5 Å². The summed E-state index contributed by atoms with van der Waals surface area (Å²) in [7, 11) is 1.67. The minimum absolute atomic E-state index is 0. The Morgan fingerprint density at radius 1 is 1.15 bits per heavy atom. The van der Waals surface area contributed by atoms with E-state index in [9.17, 15) is 4.79 Å². The van der Waals surface area contributed by atoms with Crippen molar-refractivity contribution in [3.05, 3.63) is 60.2 Å². The number of halogens is 1. The van der Waals surface area contributed by atoms with Crippen molar-refractivity contribution in [2.24, 2.45) is 4.99 Å². The molecule has 0 aliphatic rings. The number of terminal acetylenes is 1. The third-order valence-corrected chi connectivity index (χ3v) is 4.37. The topological polar surface area (TPSA) is 65.5 Å². The smallest absolute Gasteiger partial charge is 0.243 e. The van der Waals surface area contributed by atoms with Gasteiger partial charge in [0.2, 0.25) is 5.91 Å². The van der Waals surface area contributed by atoms with E-state index in [1.54, 1.807) is 30.9 Å². The quantitative estimate of drug-likeness (QED) is 0.138. The summed E-state index contributed by atoms with van der Waals surface area (Å²) in [6.07, 6.45) is 5.36. The van der Waals surface area contributed by atoms with Gasteiger partial charge in [0.25, 0.3) is 0 Å². The van der Waals surface area contributed by atoms with Crippen molar-refractivity contribution < 1.29 is 4.79 Å². The van der Waals surface area contributed by atoms with E-state index in [1.165, 1.54) is 4.90 Å². The summed E-state index contributed by atoms with van der Waals surface area (Å²) in [6.45, 7) is 0.858. The lowest BCUT2D eigenvalue weighted by atomic mass is 10.2. The molecule has 0 heterocycles. The van der Waals surface area contributed by atoms with Crippen molar-refractivity contribution in [2.75, 3.05) is 31.2 Å². The van der Waals surface area contributed by atoms with Gasteiger partial charge >= 0.3 is 0 Å². The van der Waals surface area contributed by atoms with Crippen LogP contribution in [0, 0.1) is 12.3 Å². The van der Waals surface area contributed by atoms with Crippen LogP contribution in [0.2, 0.25) is 0 Å². The fourth-order valence-electron chi connectivity index (χ4n) is 2.13. The van der Waals surface area contributed by atoms with Crippen LogP contribution in [0.4, 0.5) is 5.69 Å². The largest absolute Gasteiger partial charge is 0.356 e. The maximum Gasteiger partial charge on any atom is 0.243 e. The first-order chi connectivity index (χ1) is 12.7. The Hall–Kier alpha value is -2.18. The maximum atomic E-state index is 12.0. The highest BCUT2D eigenvalue weighted by Gasteiger charge is 2.04. The molecule has 3 N–H and O–H groups in total. The van der Waals surface area contributed by atoms with Crippen LogP contribution in [0.1, 0.15) is 5.56 Å². The molecule has 5 nitrogen and oxygen atoms in total. The Bertz CT molecular complexity index is 790. The Labute approximate surface area is 181 Å². The molecule has 0 fully saturated rings. The zero-order valence-electron chi connectivity index (χ0n) is 15.1. The molecule has 7 heteroatoms. The van der Waals surface area contributed by atoms with Crippen LogP contribution < -0.4 is 16.0 Å². The maximum absolute atomic E-state index is 12.0. The van der Waals surface area contributed by atoms with E-state index < -0.39 is 0 Å². The Kier molecular flexibility index (Phi) is 11.1. The first-order valence-corrected chi connectivity index (χ1v) is 9.18. The number of anilines is 1. The van der Waals surface area contributed by atoms with Gasteiger partial charge < -0.3 is 16.0 Å². The van der Waals surface area contributed by atoms with Gasteiger partial charge in [-0.05, 0) is 30.3 Å². The molecule has 0 saturated heterocycles. The standard InChI is InChI=1S/C20H22N4OS.HI/c1-3-16-8-7-9-17(14-16)24-19(25)15-23-20(21-2)22-12-13-26-18-10-5-4-6-11-18;/h1,4-11,14H,12-13,15H2,2H3,(H,24,25)(H2,21,22,23);1H. The van der Waals surface area contributed by atoms with Gasteiger partial charge in [-0.25, -0.2) is 0 Å². The second kappa shape index (κ2) is 13.1. The van der Waals surface area contributed by atoms with E-state index in [0.29, 0.717) is 11.6 Å². The van der Waals surface area contributed by atoms with Gasteiger partial charge in [0.1, 0.15) is 0 Å². The van der Waals surface area contributed by atoms with Crippen molar-refractivity contribution in [1.82, 2.24) is 10.6 Å². The number of carbonyl (C=O) groups is 1. The number of amides is 1. The molecule has 0 spiro atoms.